The van der Waals surface area contributed by atoms with Gasteiger partial charge in [-0.15, -0.1) is 0 Å². The van der Waals surface area contributed by atoms with Gasteiger partial charge in [-0.1, -0.05) is 6.07 Å². The Hall–Kier alpha value is -1.72. The molecule has 5 heteroatoms. The second-order valence-electron chi connectivity index (χ2n) is 5.97. The van der Waals surface area contributed by atoms with Crippen molar-refractivity contribution in [3.05, 3.63) is 52.1 Å². The quantitative estimate of drug-likeness (QED) is 0.941. The first kappa shape index (κ1) is 15.2. The molecule has 0 unspecified atom stereocenters. The lowest BCUT2D eigenvalue weighted by atomic mass is 9.99. The summed E-state index contributed by atoms with van der Waals surface area (Å²) in [5.74, 6) is -0.163. The van der Waals surface area contributed by atoms with Crippen LogP contribution in [0.3, 0.4) is 0 Å². The van der Waals surface area contributed by atoms with Crippen molar-refractivity contribution < 1.29 is 9.50 Å². The smallest absolute Gasteiger partial charge is 0.123 e. The van der Waals surface area contributed by atoms with E-state index in [4.69, 9.17) is 5.11 Å². The Morgan fingerprint density at radius 1 is 1.27 bits per heavy atom. The van der Waals surface area contributed by atoms with Crippen LogP contribution in [-0.2, 0) is 26.1 Å². The average molecular weight is 303 g/mol. The monoisotopic (exact) mass is 303 g/mol. The van der Waals surface area contributed by atoms with Gasteiger partial charge in [0.2, 0.25) is 0 Å². The number of halogens is 1. The zero-order valence-electron chi connectivity index (χ0n) is 13.1. The van der Waals surface area contributed by atoms with Gasteiger partial charge in [0.15, 0.2) is 0 Å². The van der Waals surface area contributed by atoms with Crippen molar-refractivity contribution in [3.8, 4) is 0 Å². The van der Waals surface area contributed by atoms with Crippen molar-refractivity contribution in [1.82, 2.24) is 14.7 Å². The highest BCUT2D eigenvalue weighted by Gasteiger charge is 2.20. The lowest BCUT2D eigenvalue weighted by molar-refractivity contribution is 0.243. The second kappa shape index (κ2) is 6.18. The van der Waals surface area contributed by atoms with Crippen LogP contribution >= 0.6 is 0 Å². The molecule has 3 rings (SSSR count). The third-order valence-electron chi connectivity index (χ3n) is 4.48. The van der Waals surface area contributed by atoms with Crippen LogP contribution in [0.15, 0.2) is 18.2 Å². The fourth-order valence-electron chi connectivity index (χ4n) is 3.22. The molecule has 4 nitrogen and oxygen atoms in total. The minimum absolute atomic E-state index is 0.0950. The summed E-state index contributed by atoms with van der Waals surface area (Å²) in [5.41, 5.74) is 5.67. The van der Waals surface area contributed by atoms with Crippen LogP contribution in [0.2, 0.25) is 0 Å². The SMILES string of the molecule is Cc1nn(CCO)c(C)c1CN1CCc2ccc(F)cc2C1. The molecule has 1 aliphatic rings. The molecular formula is C17H22FN3O. The van der Waals surface area contributed by atoms with E-state index in [1.54, 1.807) is 12.1 Å². The number of aromatic nitrogens is 2. The molecule has 0 radical (unpaired) electrons. The van der Waals surface area contributed by atoms with Gasteiger partial charge in [-0.25, -0.2) is 4.39 Å². The highest BCUT2D eigenvalue weighted by atomic mass is 19.1. The summed E-state index contributed by atoms with van der Waals surface area (Å²) >= 11 is 0. The van der Waals surface area contributed by atoms with Gasteiger partial charge in [0.25, 0.3) is 0 Å². The molecule has 2 aromatic rings. The number of aliphatic hydroxyl groups is 1. The highest BCUT2D eigenvalue weighted by molar-refractivity contribution is 5.31. The number of fused-ring (bicyclic) bond motifs is 1. The van der Waals surface area contributed by atoms with Crippen molar-refractivity contribution in [2.45, 2.75) is 39.9 Å². The van der Waals surface area contributed by atoms with Crippen molar-refractivity contribution in [1.29, 1.82) is 0 Å². The van der Waals surface area contributed by atoms with E-state index in [-0.39, 0.29) is 12.4 Å². The van der Waals surface area contributed by atoms with Gasteiger partial charge in [0.05, 0.1) is 18.8 Å². The number of aliphatic hydroxyl groups excluding tert-OH is 1. The van der Waals surface area contributed by atoms with Crippen LogP contribution < -0.4 is 0 Å². The Morgan fingerprint density at radius 2 is 2.09 bits per heavy atom. The molecule has 1 aromatic carbocycles. The maximum absolute atomic E-state index is 13.4. The van der Waals surface area contributed by atoms with Crippen LogP contribution in [0.5, 0.6) is 0 Å². The molecule has 1 N–H and O–H groups in total. The fraction of sp³-hybridized carbons (Fsp3) is 0.471. The van der Waals surface area contributed by atoms with Gasteiger partial charge < -0.3 is 5.11 Å². The predicted molar refractivity (Wildman–Crippen MR) is 83.0 cm³/mol. The summed E-state index contributed by atoms with van der Waals surface area (Å²) in [4.78, 5) is 2.34. The number of hydrogen-bond acceptors (Lipinski definition) is 3. The maximum Gasteiger partial charge on any atom is 0.123 e. The summed E-state index contributed by atoms with van der Waals surface area (Å²) in [6, 6.07) is 5.09. The number of aryl methyl sites for hydroxylation is 1. The van der Waals surface area contributed by atoms with Gasteiger partial charge in [-0.2, -0.15) is 5.10 Å². The van der Waals surface area contributed by atoms with E-state index in [9.17, 15) is 4.39 Å². The molecule has 22 heavy (non-hydrogen) atoms. The van der Waals surface area contributed by atoms with Gasteiger partial charge in [0.1, 0.15) is 5.82 Å². The summed E-state index contributed by atoms with van der Waals surface area (Å²) in [7, 11) is 0. The Morgan fingerprint density at radius 3 is 2.86 bits per heavy atom. The average Bonchev–Trinajstić information content (AvgIpc) is 2.75. The number of nitrogens with zero attached hydrogens (tertiary/aromatic N) is 3. The van der Waals surface area contributed by atoms with Crippen molar-refractivity contribution in [2.24, 2.45) is 0 Å². The number of benzene rings is 1. The van der Waals surface area contributed by atoms with Crippen LogP contribution in [0.1, 0.15) is 28.1 Å². The molecular weight excluding hydrogens is 281 g/mol. The first-order valence-electron chi connectivity index (χ1n) is 7.72. The molecule has 0 aliphatic carbocycles. The minimum atomic E-state index is -0.163. The van der Waals surface area contributed by atoms with Gasteiger partial charge in [0, 0.05) is 30.9 Å². The zero-order chi connectivity index (χ0) is 15.7. The lowest BCUT2D eigenvalue weighted by Crippen LogP contribution is -2.30. The molecule has 0 fully saturated rings. The van der Waals surface area contributed by atoms with Crippen molar-refractivity contribution in [3.63, 3.8) is 0 Å². The van der Waals surface area contributed by atoms with E-state index < -0.39 is 0 Å². The molecule has 0 atom stereocenters. The fourth-order valence-corrected chi connectivity index (χ4v) is 3.22. The Balaban J connectivity index is 1.77. The summed E-state index contributed by atoms with van der Waals surface area (Å²) in [5, 5.41) is 13.6. The third kappa shape index (κ3) is 2.91. The van der Waals surface area contributed by atoms with Gasteiger partial charge in [-0.05, 0) is 43.5 Å². The van der Waals surface area contributed by atoms with Crippen LogP contribution in [0.25, 0.3) is 0 Å². The van der Waals surface area contributed by atoms with E-state index in [0.717, 1.165) is 43.0 Å². The summed E-state index contributed by atoms with van der Waals surface area (Å²) in [6.07, 6.45) is 0.957. The maximum atomic E-state index is 13.4. The summed E-state index contributed by atoms with van der Waals surface area (Å²) < 4.78 is 15.3. The minimum Gasteiger partial charge on any atom is -0.394 e. The third-order valence-corrected chi connectivity index (χ3v) is 4.48. The van der Waals surface area contributed by atoms with Crippen molar-refractivity contribution in [2.75, 3.05) is 13.2 Å². The molecule has 0 spiro atoms. The Labute approximate surface area is 130 Å². The predicted octanol–water partition coefficient (Wildman–Crippen LogP) is 2.19. The molecule has 2 heterocycles. The van der Waals surface area contributed by atoms with Gasteiger partial charge in [-0.3, -0.25) is 9.58 Å². The lowest BCUT2D eigenvalue weighted by Gasteiger charge is -2.28. The second-order valence-corrected chi connectivity index (χ2v) is 5.97. The van der Waals surface area contributed by atoms with Crippen LogP contribution in [0.4, 0.5) is 4.39 Å². The summed E-state index contributed by atoms with van der Waals surface area (Å²) in [6.45, 7) is 7.24. The van der Waals surface area contributed by atoms with E-state index >= 15 is 0 Å². The molecule has 0 amide bonds. The zero-order valence-corrected chi connectivity index (χ0v) is 13.1. The Bertz CT molecular complexity index is 681. The molecule has 0 saturated carbocycles. The van der Waals surface area contributed by atoms with E-state index in [2.05, 4.69) is 10.00 Å². The van der Waals surface area contributed by atoms with E-state index in [1.807, 2.05) is 24.6 Å². The van der Waals surface area contributed by atoms with Crippen LogP contribution in [0, 0.1) is 19.7 Å². The molecule has 1 aromatic heterocycles. The largest absolute Gasteiger partial charge is 0.394 e. The molecule has 118 valence electrons. The molecule has 0 bridgehead atoms. The van der Waals surface area contributed by atoms with Crippen molar-refractivity contribution >= 4 is 0 Å². The van der Waals surface area contributed by atoms with E-state index in [1.165, 1.54) is 11.1 Å². The van der Waals surface area contributed by atoms with Gasteiger partial charge >= 0.3 is 0 Å². The number of rotatable bonds is 4. The first-order valence-corrected chi connectivity index (χ1v) is 7.72. The first-order chi connectivity index (χ1) is 10.6. The topological polar surface area (TPSA) is 41.3 Å². The highest BCUT2D eigenvalue weighted by Crippen LogP contribution is 2.23. The standard InChI is InChI=1S/C17H22FN3O/c1-12-17(13(2)21(19-12)7-8-22)11-20-6-5-14-3-4-16(18)9-15(14)10-20/h3-4,9,22H,5-8,10-11H2,1-2H3. The normalized spacial score (nSPS) is 15.1. The molecule has 0 saturated heterocycles. The van der Waals surface area contributed by atoms with Crippen LogP contribution in [-0.4, -0.2) is 32.9 Å². The Kier molecular flexibility index (Phi) is 4.27. The molecule has 1 aliphatic heterocycles. The van der Waals surface area contributed by atoms with E-state index in [0.29, 0.717) is 6.54 Å². The number of hydrogen-bond donors (Lipinski definition) is 1.